The van der Waals surface area contributed by atoms with E-state index in [1.165, 1.54) is 49.7 Å². The van der Waals surface area contributed by atoms with Crippen molar-refractivity contribution in [3.63, 3.8) is 0 Å². The van der Waals surface area contributed by atoms with Gasteiger partial charge < -0.3 is 0 Å². The van der Waals surface area contributed by atoms with Crippen LogP contribution < -0.4 is 4.57 Å². The Hall–Kier alpha value is -2.67. The molecule has 0 unspecified atom stereocenters. The normalized spacial score (nSPS) is 12.0. The van der Waals surface area contributed by atoms with E-state index in [0.29, 0.717) is 6.04 Å². The quantitative estimate of drug-likeness (QED) is 0.294. The first-order valence-electron chi connectivity index (χ1n) is 9.70. The van der Waals surface area contributed by atoms with Crippen molar-refractivity contribution in [1.29, 1.82) is 0 Å². The molecule has 1 nitrogen and oxygen atoms in total. The van der Waals surface area contributed by atoms with Crippen molar-refractivity contribution in [2.24, 2.45) is 7.05 Å². The summed E-state index contributed by atoms with van der Waals surface area (Å²) in [5.74, 6) is 0. The number of aromatic nitrogens is 1. The molecule has 0 saturated heterocycles. The van der Waals surface area contributed by atoms with Crippen LogP contribution in [0.2, 0.25) is 0 Å². The van der Waals surface area contributed by atoms with E-state index in [-0.39, 0.29) is 0 Å². The van der Waals surface area contributed by atoms with Crippen molar-refractivity contribution in [2.45, 2.75) is 34.6 Å². The van der Waals surface area contributed by atoms with Gasteiger partial charge in [0.15, 0.2) is 5.69 Å². The van der Waals surface area contributed by atoms with Gasteiger partial charge in [-0.1, -0.05) is 42.0 Å². The summed E-state index contributed by atoms with van der Waals surface area (Å²) in [6.45, 7) is 10.7. The molecule has 3 aromatic carbocycles. The predicted molar refractivity (Wildman–Crippen MR) is 112 cm³/mol. The van der Waals surface area contributed by atoms with Crippen LogP contribution in [-0.2, 0) is 7.05 Å². The number of benzene rings is 3. The molecule has 0 atom stereocenters. The Morgan fingerprint density at radius 1 is 0.846 bits per heavy atom. The van der Waals surface area contributed by atoms with Crippen LogP contribution in [0.15, 0.2) is 48.5 Å². The van der Waals surface area contributed by atoms with Crippen LogP contribution in [0.4, 0.5) is 0 Å². The number of aryl methyl sites for hydroxylation is 3. The molecule has 1 aromatic heterocycles. The van der Waals surface area contributed by atoms with Crippen LogP contribution in [0.3, 0.4) is 0 Å². The highest BCUT2D eigenvalue weighted by molar-refractivity contribution is 6.14. The Bertz CT molecular complexity index is 1230. The van der Waals surface area contributed by atoms with E-state index in [4.69, 9.17) is 1.37 Å². The smallest absolute Gasteiger partial charge is 0.198 e. The number of nitrogens with zero attached hydrogens (tertiary/aromatic N) is 1. The van der Waals surface area contributed by atoms with Crippen molar-refractivity contribution in [2.75, 3.05) is 0 Å². The first-order chi connectivity index (χ1) is 12.8. The fraction of sp³-hybridized carbons (Fsp3) is 0.240. The van der Waals surface area contributed by atoms with E-state index >= 15 is 0 Å². The molecule has 0 radical (unpaired) electrons. The SMILES string of the molecule is [2H]c1c(C)[n+](C)c(-c2cc(C)cc(C)c2C)c2c1cc(C)c1ccccc12. The molecule has 1 heterocycles. The van der Waals surface area contributed by atoms with Gasteiger partial charge in [-0.25, -0.2) is 0 Å². The number of fused-ring (bicyclic) bond motifs is 3. The first kappa shape index (κ1) is 15.6. The van der Waals surface area contributed by atoms with Gasteiger partial charge in [0, 0.05) is 13.0 Å². The fourth-order valence-electron chi connectivity index (χ4n) is 4.13. The molecular formula is C25H26N+. The second-order valence-corrected chi connectivity index (χ2v) is 7.53. The van der Waals surface area contributed by atoms with Crippen molar-refractivity contribution in [1.82, 2.24) is 0 Å². The van der Waals surface area contributed by atoms with E-state index in [1.54, 1.807) is 0 Å². The summed E-state index contributed by atoms with van der Waals surface area (Å²) in [7, 11) is 2.09. The molecule has 4 rings (SSSR count). The summed E-state index contributed by atoms with van der Waals surface area (Å²) in [4.78, 5) is 0. The molecule has 0 aliphatic heterocycles. The Kier molecular flexibility index (Phi) is 3.56. The molecule has 0 spiro atoms. The van der Waals surface area contributed by atoms with Crippen molar-refractivity contribution in [3.8, 4) is 11.3 Å². The Labute approximate surface area is 157 Å². The van der Waals surface area contributed by atoms with Crippen LogP contribution in [-0.4, -0.2) is 0 Å². The van der Waals surface area contributed by atoms with Gasteiger partial charge in [0.05, 0.1) is 12.3 Å². The van der Waals surface area contributed by atoms with Gasteiger partial charge in [0.1, 0.15) is 7.05 Å². The van der Waals surface area contributed by atoms with Gasteiger partial charge in [-0.2, -0.15) is 4.57 Å². The lowest BCUT2D eigenvalue weighted by Gasteiger charge is -2.15. The van der Waals surface area contributed by atoms with E-state index in [1.807, 2.05) is 6.92 Å². The molecule has 0 fully saturated rings. The number of hydrogen-bond acceptors (Lipinski definition) is 0. The molecule has 0 bridgehead atoms. The monoisotopic (exact) mass is 341 g/mol. The van der Waals surface area contributed by atoms with Crippen LogP contribution in [0, 0.1) is 34.6 Å². The van der Waals surface area contributed by atoms with Crippen molar-refractivity contribution >= 4 is 21.5 Å². The Balaban J connectivity index is 2.34. The van der Waals surface area contributed by atoms with Crippen molar-refractivity contribution < 1.29 is 5.94 Å². The molecule has 0 N–H and O–H groups in total. The molecule has 26 heavy (non-hydrogen) atoms. The second-order valence-electron chi connectivity index (χ2n) is 7.53. The maximum Gasteiger partial charge on any atom is 0.221 e. The number of pyridine rings is 1. The maximum absolute atomic E-state index is 8.78. The molecule has 0 amide bonds. The van der Waals surface area contributed by atoms with E-state index < -0.39 is 0 Å². The zero-order chi connectivity index (χ0) is 19.5. The molecule has 4 aromatic rings. The van der Waals surface area contributed by atoms with Gasteiger partial charge in [-0.15, -0.1) is 0 Å². The lowest BCUT2D eigenvalue weighted by atomic mass is 9.90. The van der Waals surface area contributed by atoms with Gasteiger partial charge in [-0.05, 0) is 66.6 Å². The summed E-state index contributed by atoms with van der Waals surface area (Å²) in [5.41, 5.74) is 8.57. The van der Waals surface area contributed by atoms with Gasteiger partial charge in [-0.3, -0.25) is 0 Å². The predicted octanol–water partition coefficient (Wildman–Crippen LogP) is 6.03. The fourth-order valence-corrected chi connectivity index (χ4v) is 4.13. The third kappa shape index (κ3) is 2.42. The molecular weight excluding hydrogens is 314 g/mol. The van der Waals surface area contributed by atoms with E-state index in [9.17, 15) is 0 Å². The lowest BCUT2D eigenvalue weighted by Crippen LogP contribution is -2.35. The highest BCUT2D eigenvalue weighted by atomic mass is 14.9. The molecule has 0 aliphatic carbocycles. The molecule has 130 valence electrons. The minimum absolute atomic E-state index is 0.618. The largest absolute Gasteiger partial charge is 0.221 e. The van der Waals surface area contributed by atoms with Crippen LogP contribution in [0.5, 0.6) is 0 Å². The minimum atomic E-state index is 0.618. The summed E-state index contributed by atoms with van der Waals surface area (Å²) in [6, 6.07) is 15.9. The highest BCUT2D eigenvalue weighted by Crippen LogP contribution is 2.36. The highest BCUT2D eigenvalue weighted by Gasteiger charge is 2.22. The summed E-state index contributed by atoms with van der Waals surface area (Å²) < 4.78 is 11.0. The Morgan fingerprint density at radius 3 is 2.27 bits per heavy atom. The lowest BCUT2D eigenvalue weighted by molar-refractivity contribution is -0.665. The van der Waals surface area contributed by atoms with Crippen LogP contribution in [0.25, 0.3) is 32.8 Å². The first-order valence-corrected chi connectivity index (χ1v) is 9.20. The third-order valence-electron chi connectivity index (χ3n) is 5.71. The minimum Gasteiger partial charge on any atom is -0.198 e. The average Bonchev–Trinajstić information content (AvgIpc) is 2.64. The molecule has 1 heteroatoms. The van der Waals surface area contributed by atoms with Gasteiger partial charge in [0.2, 0.25) is 5.69 Å². The van der Waals surface area contributed by atoms with Crippen LogP contribution in [0.1, 0.15) is 29.3 Å². The second kappa shape index (κ2) is 5.95. The standard InChI is InChI=1S/C25H26N/c1-15-11-16(2)19(5)23(12-15)25-24-20(14-18(4)26(25)6)13-17(3)21-9-7-8-10-22(21)24/h7-14H,1-6H3/q+1/i14D. The summed E-state index contributed by atoms with van der Waals surface area (Å²) in [6.07, 6.45) is 0. The molecule has 0 saturated carbocycles. The average molecular weight is 341 g/mol. The van der Waals surface area contributed by atoms with Gasteiger partial charge in [0.25, 0.3) is 0 Å². The van der Waals surface area contributed by atoms with E-state index in [2.05, 4.69) is 81.8 Å². The van der Waals surface area contributed by atoms with Crippen molar-refractivity contribution in [3.05, 3.63) is 76.5 Å². The van der Waals surface area contributed by atoms with Gasteiger partial charge >= 0.3 is 0 Å². The maximum atomic E-state index is 8.78. The number of hydrogen-bond donors (Lipinski definition) is 0. The summed E-state index contributed by atoms with van der Waals surface area (Å²) >= 11 is 0. The Morgan fingerprint density at radius 2 is 1.54 bits per heavy atom. The molecule has 0 aliphatic rings. The topological polar surface area (TPSA) is 3.88 Å². The zero-order valence-electron chi connectivity index (χ0n) is 17.5. The van der Waals surface area contributed by atoms with Crippen LogP contribution >= 0.6 is 0 Å². The zero-order valence-corrected chi connectivity index (χ0v) is 16.5. The summed E-state index contributed by atoms with van der Waals surface area (Å²) in [5, 5.41) is 4.71. The number of rotatable bonds is 1. The third-order valence-corrected chi connectivity index (χ3v) is 5.71. The van der Waals surface area contributed by atoms with E-state index in [0.717, 1.165) is 11.1 Å².